The van der Waals surface area contributed by atoms with Crippen LogP contribution in [0.15, 0.2) is 43.1 Å². The normalized spacial score (nSPS) is 10.4. The summed E-state index contributed by atoms with van der Waals surface area (Å²) in [6.45, 7) is 7.98. The Balaban J connectivity index is 1.77. The summed E-state index contributed by atoms with van der Waals surface area (Å²) in [5, 5.41) is 4.56. The van der Waals surface area contributed by atoms with E-state index in [1.54, 1.807) is 17.4 Å². The van der Waals surface area contributed by atoms with Crippen LogP contribution in [0.25, 0.3) is 0 Å². The Bertz CT molecular complexity index is 534. The molecular formula is C16H20N2OS. The fourth-order valence-corrected chi connectivity index (χ4v) is 2.60. The minimum Gasteiger partial charge on any atom is -0.490 e. The van der Waals surface area contributed by atoms with Gasteiger partial charge in [-0.05, 0) is 24.1 Å². The molecule has 0 aliphatic rings. The van der Waals surface area contributed by atoms with Crippen LogP contribution in [-0.2, 0) is 19.5 Å². The van der Waals surface area contributed by atoms with Crippen molar-refractivity contribution >= 4 is 11.3 Å². The van der Waals surface area contributed by atoms with E-state index in [-0.39, 0.29) is 0 Å². The van der Waals surface area contributed by atoms with Crippen molar-refractivity contribution in [1.29, 1.82) is 0 Å². The van der Waals surface area contributed by atoms with Gasteiger partial charge in [0.1, 0.15) is 17.4 Å². The molecule has 0 aliphatic heterocycles. The van der Waals surface area contributed by atoms with E-state index < -0.39 is 0 Å². The number of aromatic nitrogens is 1. The van der Waals surface area contributed by atoms with Gasteiger partial charge in [0, 0.05) is 24.2 Å². The fourth-order valence-electron chi connectivity index (χ4n) is 1.77. The van der Waals surface area contributed by atoms with Crippen LogP contribution in [0.1, 0.15) is 22.4 Å². The van der Waals surface area contributed by atoms with Gasteiger partial charge in [0.25, 0.3) is 0 Å². The summed E-state index contributed by atoms with van der Waals surface area (Å²) in [4.78, 5) is 5.73. The first-order valence-electron chi connectivity index (χ1n) is 6.78. The number of benzene rings is 1. The number of hydrogen-bond donors (Lipinski definition) is 1. The predicted molar refractivity (Wildman–Crippen MR) is 84.2 cm³/mol. The van der Waals surface area contributed by atoms with Gasteiger partial charge in [-0.3, -0.25) is 0 Å². The van der Waals surface area contributed by atoms with Crippen LogP contribution >= 0.6 is 11.3 Å². The number of hydrogen-bond acceptors (Lipinski definition) is 4. The average molecular weight is 288 g/mol. The maximum atomic E-state index is 5.45. The third-order valence-corrected chi connectivity index (χ3v) is 3.99. The van der Waals surface area contributed by atoms with Crippen LogP contribution in [0.5, 0.6) is 5.75 Å². The van der Waals surface area contributed by atoms with Gasteiger partial charge in [-0.1, -0.05) is 31.7 Å². The molecule has 1 N–H and O–H groups in total. The third kappa shape index (κ3) is 4.47. The monoisotopic (exact) mass is 288 g/mol. The van der Waals surface area contributed by atoms with Crippen molar-refractivity contribution in [3.8, 4) is 5.75 Å². The molecule has 1 aromatic carbocycles. The number of rotatable bonds is 8. The van der Waals surface area contributed by atoms with E-state index in [1.807, 2.05) is 18.3 Å². The molecule has 0 unspecified atom stereocenters. The average Bonchev–Trinajstić information content (AvgIpc) is 2.94. The first kappa shape index (κ1) is 14.8. The number of thiazole rings is 1. The summed E-state index contributed by atoms with van der Waals surface area (Å²) in [6, 6.07) is 8.12. The van der Waals surface area contributed by atoms with E-state index >= 15 is 0 Å². The molecule has 106 valence electrons. The molecule has 0 fully saturated rings. The second-order valence-corrected chi connectivity index (χ2v) is 5.62. The van der Waals surface area contributed by atoms with Gasteiger partial charge >= 0.3 is 0 Å². The van der Waals surface area contributed by atoms with Crippen LogP contribution in [0.4, 0.5) is 0 Å². The van der Waals surface area contributed by atoms with E-state index in [1.165, 1.54) is 10.4 Å². The van der Waals surface area contributed by atoms with E-state index in [2.05, 4.69) is 35.9 Å². The Morgan fingerprint density at radius 1 is 1.30 bits per heavy atom. The zero-order valence-corrected chi connectivity index (χ0v) is 12.6. The van der Waals surface area contributed by atoms with Crippen molar-refractivity contribution in [1.82, 2.24) is 10.3 Å². The lowest BCUT2D eigenvalue weighted by Crippen LogP contribution is -2.12. The number of nitrogens with one attached hydrogen (secondary N) is 1. The van der Waals surface area contributed by atoms with Gasteiger partial charge in [0.05, 0.1) is 0 Å². The Labute approximate surface area is 124 Å². The molecule has 4 heteroatoms. The van der Waals surface area contributed by atoms with E-state index in [0.717, 1.165) is 30.3 Å². The SMILES string of the molecule is C=CCOc1ccc(CNCc2ncc(CC)s2)cc1. The Kier molecular flexibility index (Phi) is 5.77. The molecule has 1 heterocycles. The highest BCUT2D eigenvalue weighted by molar-refractivity contribution is 7.11. The maximum absolute atomic E-state index is 5.45. The van der Waals surface area contributed by atoms with E-state index in [9.17, 15) is 0 Å². The van der Waals surface area contributed by atoms with E-state index in [0.29, 0.717) is 6.61 Å². The first-order valence-corrected chi connectivity index (χ1v) is 7.60. The number of nitrogens with zero attached hydrogens (tertiary/aromatic N) is 1. The minimum atomic E-state index is 0.543. The molecule has 3 nitrogen and oxygen atoms in total. The summed E-state index contributed by atoms with van der Waals surface area (Å²) >= 11 is 1.78. The highest BCUT2D eigenvalue weighted by Gasteiger charge is 2.00. The van der Waals surface area contributed by atoms with Gasteiger partial charge < -0.3 is 10.1 Å². The number of ether oxygens (including phenoxy) is 1. The molecule has 20 heavy (non-hydrogen) atoms. The van der Waals surface area contributed by atoms with Gasteiger partial charge in [-0.15, -0.1) is 11.3 Å². The van der Waals surface area contributed by atoms with Crippen LogP contribution in [-0.4, -0.2) is 11.6 Å². The van der Waals surface area contributed by atoms with Crippen LogP contribution < -0.4 is 10.1 Å². The second-order valence-electron chi connectivity index (χ2n) is 4.42. The molecule has 2 aromatic rings. The molecule has 1 aromatic heterocycles. The van der Waals surface area contributed by atoms with Gasteiger partial charge in [0.15, 0.2) is 0 Å². The largest absolute Gasteiger partial charge is 0.490 e. The minimum absolute atomic E-state index is 0.543. The molecule has 0 spiro atoms. The summed E-state index contributed by atoms with van der Waals surface area (Å²) in [5.41, 5.74) is 1.24. The lowest BCUT2D eigenvalue weighted by Gasteiger charge is -2.06. The van der Waals surface area contributed by atoms with Gasteiger partial charge in [-0.2, -0.15) is 0 Å². The highest BCUT2D eigenvalue weighted by atomic mass is 32.1. The molecule has 0 amide bonds. The number of aryl methyl sites for hydroxylation is 1. The predicted octanol–water partition coefficient (Wildman–Crippen LogP) is 3.56. The van der Waals surface area contributed by atoms with Crippen LogP contribution in [0.2, 0.25) is 0 Å². The quantitative estimate of drug-likeness (QED) is 0.754. The molecule has 0 atom stereocenters. The lowest BCUT2D eigenvalue weighted by molar-refractivity contribution is 0.363. The smallest absolute Gasteiger partial charge is 0.119 e. The van der Waals surface area contributed by atoms with Crippen LogP contribution in [0, 0.1) is 0 Å². The fraction of sp³-hybridized carbons (Fsp3) is 0.312. The van der Waals surface area contributed by atoms with Crippen molar-refractivity contribution in [3.63, 3.8) is 0 Å². The summed E-state index contributed by atoms with van der Waals surface area (Å²) < 4.78 is 5.45. The van der Waals surface area contributed by atoms with Crippen LogP contribution in [0.3, 0.4) is 0 Å². The Morgan fingerprint density at radius 2 is 2.10 bits per heavy atom. The zero-order valence-electron chi connectivity index (χ0n) is 11.8. The van der Waals surface area contributed by atoms with Crippen molar-refractivity contribution in [2.75, 3.05) is 6.61 Å². The molecular weight excluding hydrogens is 268 g/mol. The second kappa shape index (κ2) is 7.82. The Morgan fingerprint density at radius 3 is 2.75 bits per heavy atom. The molecule has 0 saturated heterocycles. The topological polar surface area (TPSA) is 34.1 Å². The van der Waals surface area contributed by atoms with Gasteiger partial charge in [-0.25, -0.2) is 4.98 Å². The summed E-state index contributed by atoms with van der Waals surface area (Å²) in [6.07, 6.45) is 4.77. The maximum Gasteiger partial charge on any atom is 0.119 e. The van der Waals surface area contributed by atoms with Crippen molar-refractivity contribution in [2.24, 2.45) is 0 Å². The zero-order chi connectivity index (χ0) is 14.2. The Hall–Kier alpha value is -1.65. The first-order chi connectivity index (χ1) is 9.81. The molecule has 0 saturated carbocycles. The molecule has 0 aliphatic carbocycles. The van der Waals surface area contributed by atoms with Crippen molar-refractivity contribution in [2.45, 2.75) is 26.4 Å². The molecule has 0 radical (unpaired) electrons. The van der Waals surface area contributed by atoms with Gasteiger partial charge in [0.2, 0.25) is 0 Å². The van der Waals surface area contributed by atoms with Crippen molar-refractivity contribution in [3.05, 3.63) is 58.6 Å². The molecule has 2 rings (SSSR count). The standard InChI is InChI=1S/C16H20N2OS/c1-3-9-19-14-7-5-13(6-8-14)10-17-12-16-18-11-15(4-2)20-16/h3,5-8,11,17H,1,4,9-10,12H2,2H3. The summed E-state index contributed by atoms with van der Waals surface area (Å²) in [5.74, 6) is 0.876. The highest BCUT2D eigenvalue weighted by Crippen LogP contribution is 2.14. The third-order valence-electron chi connectivity index (χ3n) is 2.85. The van der Waals surface area contributed by atoms with Crippen molar-refractivity contribution < 1.29 is 4.74 Å². The summed E-state index contributed by atoms with van der Waals surface area (Å²) in [7, 11) is 0. The lowest BCUT2D eigenvalue weighted by atomic mass is 10.2. The molecule has 0 bridgehead atoms. The van der Waals surface area contributed by atoms with E-state index in [4.69, 9.17) is 4.74 Å².